The average molecular weight is 654 g/mol. The van der Waals surface area contributed by atoms with Gasteiger partial charge in [0.15, 0.2) is 5.69 Å². The Morgan fingerprint density at radius 1 is 1.00 bits per heavy atom. The number of nitrogens with two attached hydrogens (primary N) is 1. The van der Waals surface area contributed by atoms with E-state index in [0.29, 0.717) is 17.2 Å². The number of carbonyl (C=O) groups excluding carboxylic acids is 2. The van der Waals surface area contributed by atoms with Gasteiger partial charge in [-0.2, -0.15) is 18.3 Å². The maximum Gasteiger partial charge on any atom is 0.435 e. The maximum absolute atomic E-state index is 14.3. The number of aromatic nitrogens is 3. The third-order valence-electron chi connectivity index (χ3n) is 7.10. The summed E-state index contributed by atoms with van der Waals surface area (Å²) in [6.07, 6.45) is -7.00. The minimum atomic E-state index is -5.08. The highest BCUT2D eigenvalue weighted by atomic mass is 19.4. The molecule has 2 aromatic heterocycles. The van der Waals surface area contributed by atoms with Crippen LogP contribution in [0.3, 0.4) is 0 Å². The number of hydrogen-bond acceptors (Lipinski definition) is 4. The molecule has 0 aliphatic heterocycles. The molecule has 15 heteroatoms. The van der Waals surface area contributed by atoms with Crippen molar-refractivity contribution in [1.82, 2.24) is 20.1 Å². The number of unbranched alkanes of at least 4 members (excludes halogenated alkanes) is 1. The number of carbonyl (C=O) groups is 2. The van der Waals surface area contributed by atoms with Crippen LogP contribution in [-0.2, 0) is 17.4 Å². The molecule has 4 rings (SSSR count). The molecule has 2 aromatic carbocycles. The molecule has 46 heavy (non-hydrogen) atoms. The molecule has 244 valence electrons. The van der Waals surface area contributed by atoms with Crippen molar-refractivity contribution in [3.8, 4) is 11.1 Å². The molecular formula is C31H27F8N5O2. The van der Waals surface area contributed by atoms with Crippen LogP contribution in [0.4, 0.5) is 35.1 Å². The van der Waals surface area contributed by atoms with Crippen molar-refractivity contribution < 1.29 is 44.7 Å². The van der Waals surface area contributed by atoms with E-state index in [0.717, 1.165) is 24.3 Å². The van der Waals surface area contributed by atoms with Gasteiger partial charge in [0, 0.05) is 17.8 Å². The molecule has 2 amide bonds. The molecule has 0 saturated heterocycles. The third-order valence-corrected chi connectivity index (χ3v) is 7.10. The van der Waals surface area contributed by atoms with Gasteiger partial charge in [-0.15, -0.1) is 0 Å². The molecule has 0 spiro atoms. The SMILES string of the molecule is CCCC[C@@H](C(=O)N[C@@H](Cc1cc(F)cc(F)c1)c1ncccc1-c1ccc(F)c(C(N)=O)c1)n1nc(C(F)(F)F)cc1C(F)F. The first-order chi connectivity index (χ1) is 21.7. The standard InChI is InChI=1S/C31H27F8N5O2/c1-2-3-6-24(44-25(28(35)36)15-26(43-44)31(37,38)39)30(46)42-23(12-16-10-18(32)14-19(33)11-16)27-20(5-4-9-41-27)17-7-8-22(34)21(13-17)29(40)45/h4-5,7-11,13-15,23-24,28H,2-3,6,12H2,1H3,(H2,40,45)(H,42,46)/t23-,24-/m0/s1. The Bertz CT molecular complexity index is 1700. The lowest BCUT2D eigenvalue weighted by Crippen LogP contribution is -2.38. The lowest BCUT2D eigenvalue weighted by Gasteiger charge is -2.25. The topological polar surface area (TPSA) is 103 Å². The zero-order valence-electron chi connectivity index (χ0n) is 24.1. The normalized spacial score (nSPS) is 13.1. The zero-order chi connectivity index (χ0) is 33.8. The Morgan fingerprint density at radius 2 is 1.70 bits per heavy atom. The fourth-order valence-corrected chi connectivity index (χ4v) is 4.99. The zero-order valence-corrected chi connectivity index (χ0v) is 24.1. The summed E-state index contributed by atoms with van der Waals surface area (Å²) in [5.74, 6) is -4.89. The summed E-state index contributed by atoms with van der Waals surface area (Å²) in [5, 5.41) is 5.92. The number of primary amides is 1. The van der Waals surface area contributed by atoms with Gasteiger partial charge in [-0.3, -0.25) is 19.3 Å². The minimum absolute atomic E-state index is 0.0353. The number of pyridine rings is 1. The number of hydrogen-bond donors (Lipinski definition) is 2. The highest BCUT2D eigenvalue weighted by molar-refractivity contribution is 5.94. The Hall–Kier alpha value is -4.82. The molecule has 0 aliphatic rings. The van der Waals surface area contributed by atoms with Crippen molar-refractivity contribution in [3.63, 3.8) is 0 Å². The van der Waals surface area contributed by atoms with Crippen molar-refractivity contribution in [1.29, 1.82) is 0 Å². The summed E-state index contributed by atoms with van der Waals surface area (Å²) in [7, 11) is 0. The van der Waals surface area contributed by atoms with Crippen LogP contribution >= 0.6 is 0 Å². The summed E-state index contributed by atoms with van der Waals surface area (Å²) in [5.41, 5.74) is 2.61. The van der Waals surface area contributed by atoms with Gasteiger partial charge in [0.25, 0.3) is 12.3 Å². The van der Waals surface area contributed by atoms with E-state index in [4.69, 9.17) is 5.73 Å². The first-order valence-electron chi connectivity index (χ1n) is 13.9. The van der Waals surface area contributed by atoms with Crippen LogP contribution in [0, 0.1) is 17.5 Å². The molecular weight excluding hydrogens is 626 g/mol. The maximum atomic E-state index is 14.3. The van der Waals surface area contributed by atoms with E-state index in [9.17, 15) is 44.7 Å². The van der Waals surface area contributed by atoms with Crippen molar-refractivity contribution >= 4 is 11.8 Å². The van der Waals surface area contributed by atoms with Gasteiger partial charge in [0.1, 0.15) is 29.2 Å². The number of amides is 2. The largest absolute Gasteiger partial charge is 0.435 e. The highest BCUT2D eigenvalue weighted by Crippen LogP contribution is 2.35. The molecule has 0 fully saturated rings. The van der Waals surface area contributed by atoms with E-state index in [2.05, 4.69) is 15.4 Å². The second-order valence-electron chi connectivity index (χ2n) is 10.4. The Kier molecular flexibility index (Phi) is 10.4. The number of nitrogens with one attached hydrogen (secondary N) is 1. The summed E-state index contributed by atoms with van der Waals surface area (Å²) in [6, 6.07) is 6.24. The molecule has 0 radical (unpaired) electrons. The third kappa shape index (κ3) is 7.87. The Labute approximate surface area is 257 Å². The molecule has 2 atom stereocenters. The Morgan fingerprint density at radius 3 is 2.30 bits per heavy atom. The van der Waals surface area contributed by atoms with Crippen LogP contribution < -0.4 is 11.1 Å². The monoisotopic (exact) mass is 653 g/mol. The lowest BCUT2D eigenvalue weighted by molar-refractivity contribution is -0.142. The molecule has 0 saturated carbocycles. The fourth-order valence-electron chi connectivity index (χ4n) is 4.99. The highest BCUT2D eigenvalue weighted by Gasteiger charge is 2.38. The van der Waals surface area contributed by atoms with Crippen LogP contribution in [0.5, 0.6) is 0 Å². The average Bonchev–Trinajstić information content (AvgIpc) is 3.43. The molecule has 7 nitrogen and oxygen atoms in total. The van der Waals surface area contributed by atoms with Crippen LogP contribution in [0.1, 0.15) is 77.7 Å². The summed E-state index contributed by atoms with van der Waals surface area (Å²) < 4.78 is 111. The summed E-state index contributed by atoms with van der Waals surface area (Å²) in [6.45, 7) is 1.72. The van der Waals surface area contributed by atoms with E-state index in [1.54, 1.807) is 6.92 Å². The first-order valence-corrected chi connectivity index (χ1v) is 13.9. The van der Waals surface area contributed by atoms with Gasteiger partial charge in [0.2, 0.25) is 5.91 Å². The van der Waals surface area contributed by atoms with Crippen molar-refractivity contribution in [2.75, 3.05) is 0 Å². The quantitative estimate of drug-likeness (QED) is 0.157. The molecule has 4 aromatic rings. The number of alkyl halides is 5. The Balaban J connectivity index is 1.84. The molecule has 0 unspecified atom stereocenters. The molecule has 0 aliphatic carbocycles. The number of benzene rings is 2. The van der Waals surface area contributed by atoms with E-state index >= 15 is 0 Å². The van der Waals surface area contributed by atoms with Gasteiger partial charge in [-0.1, -0.05) is 31.9 Å². The smallest absolute Gasteiger partial charge is 0.366 e. The van der Waals surface area contributed by atoms with Gasteiger partial charge in [-0.25, -0.2) is 22.0 Å². The van der Waals surface area contributed by atoms with Gasteiger partial charge < -0.3 is 11.1 Å². The predicted octanol–water partition coefficient (Wildman–Crippen LogP) is 7.25. The minimum Gasteiger partial charge on any atom is -0.366 e. The molecule has 2 heterocycles. The van der Waals surface area contributed by atoms with Crippen LogP contribution in [0.15, 0.2) is 60.8 Å². The van der Waals surface area contributed by atoms with Crippen molar-refractivity contribution in [3.05, 3.63) is 106 Å². The number of halogens is 8. The van der Waals surface area contributed by atoms with E-state index in [1.165, 1.54) is 24.4 Å². The number of nitrogens with zero attached hydrogens (tertiary/aromatic N) is 3. The molecule has 0 bridgehead atoms. The first kappa shape index (κ1) is 34.1. The van der Waals surface area contributed by atoms with Crippen LogP contribution in [0.25, 0.3) is 11.1 Å². The fraction of sp³-hybridized carbons (Fsp3) is 0.290. The predicted molar refractivity (Wildman–Crippen MR) is 150 cm³/mol. The lowest BCUT2D eigenvalue weighted by atomic mass is 9.94. The number of rotatable bonds is 12. The summed E-state index contributed by atoms with van der Waals surface area (Å²) >= 11 is 0. The van der Waals surface area contributed by atoms with Crippen molar-refractivity contribution in [2.24, 2.45) is 5.73 Å². The van der Waals surface area contributed by atoms with Gasteiger partial charge >= 0.3 is 6.18 Å². The van der Waals surface area contributed by atoms with E-state index in [1.807, 2.05) is 0 Å². The van der Waals surface area contributed by atoms with Gasteiger partial charge in [-0.05, 0) is 60.4 Å². The van der Waals surface area contributed by atoms with E-state index in [-0.39, 0.29) is 47.7 Å². The second kappa shape index (κ2) is 14.1. The van der Waals surface area contributed by atoms with Crippen LogP contribution in [0.2, 0.25) is 0 Å². The van der Waals surface area contributed by atoms with Gasteiger partial charge in [0.05, 0.1) is 17.3 Å². The van der Waals surface area contributed by atoms with Crippen molar-refractivity contribution in [2.45, 2.75) is 57.3 Å². The summed E-state index contributed by atoms with van der Waals surface area (Å²) in [4.78, 5) is 30.0. The van der Waals surface area contributed by atoms with Crippen LogP contribution in [-0.4, -0.2) is 26.6 Å². The van der Waals surface area contributed by atoms with E-state index < -0.39 is 70.9 Å². The second-order valence-corrected chi connectivity index (χ2v) is 10.4. The molecule has 3 N–H and O–H groups in total.